The summed E-state index contributed by atoms with van der Waals surface area (Å²) in [5.41, 5.74) is 14.3. The Morgan fingerprint density at radius 3 is 1.69 bits per heavy atom. The van der Waals surface area contributed by atoms with Crippen LogP contribution in [-0.4, -0.2) is 44.9 Å². The van der Waals surface area contributed by atoms with E-state index in [0.717, 1.165) is 72.6 Å². The highest BCUT2D eigenvalue weighted by atomic mass is 14.8. The van der Waals surface area contributed by atoms with Gasteiger partial charge in [0.05, 0.1) is 5.69 Å². The third-order valence-corrected chi connectivity index (χ3v) is 11.0. The van der Waals surface area contributed by atoms with Crippen LogP contribution in [0, 0.1) is 0 Å². The number of rotatable bonds is 6. The molecule has 0 spiro atoms. The van der Waals surface area contributed by atoms with Crippen LogP contribution in [0.15, 0.2) is 151 Å². The summed E-state index contributed by atoms with van der Waals surface area (Å²) in [5, 5.41) is 4.45. The van der Waals surface area contributed by atoms with Gasteiger partial charge in [0.2, 0.25) is 0 Å². The molecule has 1 aliphatic heterocycles. The lowest BCUT2D eigenvalue weighted by atomic mass is 9.59. The predicted molar refractivity (Wildman–Crippen MR) is 236 cm³/mol. The fourth-order valence-corrected chi connectivity index (χ4v) is 8.36. The molecule has 0 aromatic heterocycles. The van der Waals surface area contributed by atoms with Crippen molar-refractivity contribution in [2.75, 3.05) is 0 Å². The van der Waals surface area contributed by atoms with E-state index in [2.05, 4.69) is 140 Å². The van der Waals surface area contributed by atoms with Crippen molar-refractivity contribution in [1.29, 1.82) is 0 Å². The molecule has 6 heteroatoms. The third kappa shape index (κ3) is 5.50. The summed E-state index contributed by atoms with van der Waals surface area (Å²) in [7, 11) is 32.1. The van der Waals surface area contributed by atoms with E-state index >= 15 is 0 Å². The molecule has 1 heterocycles. The van der Waals surface area contributed by atoms with Gasteiger partial charge in [0.25, 0.3) is 0 Å². The molecule has 1 atom stereocenters. The van der Waals surface area contributed by atoms with E-state index < -0.39 is 0 Å². The van der Waals surface area contributed by atoms with Crippen molar-refractivity contribution < 1.29 is 0 Å². The molecule has 0 saturated carbocycles. The lowest BCUT2D eigenvalue weighted by molar-refractivity contribution is 1.07. The lowest BCUT2D eigenvalue weighted by Gasteiger charge is -2.23. The van der Waals surface area contributed by atoms with Crippen LogP contribution >= 0.6 is 0 Å². The van der Waals surface area contributed by atoms with Crippen LogP contribution in [0.25, 0.3) is 66.1 Å². The van der Waals surface area contributed by atoms with E-state index in [-0.39, 0.29) is 22.3 Å². The number of benzene rings is 8. The van der Waals surface area contributed by atoms with Gasteiger partial charge < -0.3 is 0 Å². The van der Waals surface area contributed by atoms with Gasteiger partial charge in [0.15, 0.2) is 0 Å². The molecule has 0 saturated heterocycles. The molecule has 54 heavy (non-hydrogen) atoms. The number of nitrogens with zero attached hydrogens (tertiary/aromatic N) is 1. The molecular formula is C48H30B5N. The predicted octanol–water partition coefficient (Wildman–Crippen LogP) is 7.26. The number of aliphatic imine (C=N–C) groups is 1. The fourth-order valence-electron chi connectivity index (χ4n) is 8.36. The van der Waals surface area contributed by atoms with Gasteiger partial charge in [-0.1, -0.05) is 145 Å². The van der Waals surface area contributed by atoms with Crippen molar-refractivity contribution in [1.82, 2.24) is 0 Å². The van der Waals surface area contributed by atoms with Crippen LogP contribution in [0.3, 0.4) is 0 Å². The van der Waals surface area contributed by atoms with Crippen LogP contribution in [0.1, 0.15) is 30.4 Å². The summed E-state index contributed by atoms with van der Waals surface area (Å²) in [6.45, 7) is 2.19. The molecule has 1 unspecified atom stereocenters. The zero-order valence-corrected chi connectivity index (χ0v) is 30.0. The Hall–Kier alpha value is -5.73. The number of hydrogen-bond donors (Lipinski definition) is 0. The molecule has 10 radical (unpaired) electrons. The maximum Gasteiger partial charge on any atom is 0.113 e. The SMILES string of the molecule is [B]c1c([B])c([B])c(-c2ccc3c(-c4cccc(-c5cccc(C6C(CC)=Nc7ccccc76)c5)c4)c4ccccc4c(-c4ccccc4)c3c2)c([B])c1[B]. The average molecular weight is 675 g/mol. The van der Waals surface area contributed by atoms with Gasteiger partial charge in [0, 0.05) is 11.6 Å². The Balaban J connectivity index is 1.26. The molecule has 0 amide bonds. The molecule has 242 valence electrons. The van der Waals surface area contributed by atoms with E-state index in [9.17, 15) is 0 Å². The van der Waals surface area contributed by atoms with Crippen molar-refractivity contribution in [3.05, 3.63) is 157 Å². The molecule has 0 fully saturated rings. The highest BCUT2D eigenvalue weighted by Crippen LogP contribution is 2.46. The Morgan fingerprint density at radius 2 is 0.963 bits per heavy atom. The largest absolute Gasteiger partial charge is 0.257 e. The van der Waals surface area contributed by atoms with Crippen LogP contribution in [0.5, 0.6) is 0 Å². The van der Waals surface area contributed by atoms with Crippen molar-refractivity contribution in [2.24, 2.45) is 4.99 Å². The highest BCUT2D eigenvalue weighted by molar-refractivity contribution is 6.68. The number of fused-ring (bicyclic) bond motifs is 3. The third-order valence-electron chi connectivity index (χ3n) is 11.0. The summed E-state index contributed by atoms with van der Waals surface area (Å²) in [6.07, 6.45) is 0.901. The average Bonchev–Trinajstić information content (AvgIpc) is 3.60. The Bertz CT molecular complexity index is 2790. The molecule has 8 aromatic rings. The van der Waals surface area contributed by atoms with Gasteiger partial charge in [-0.2, -0.15) is 0 Å². The summed E-state index contributed by atoms with van der Waals surface area (Å²) in [5.74, 6) is 0.150. The first kappa shape index (κ1) is 34.1. The van der Waals surface area contributed by atoms with Gasteiger partial charge in [-0.3, -0.25) is 4.99 Å². The summed E-state index contributed by atoms with van der Waals surface area (Å²) in [4.78, 5) is 5.00. The summed E-state index contributed by atoms with van der Waals surface area (Å²) < 4.78 is 0. The summed E-state index contributed by atoms with van der Waals surface area (Å²) in [6, 6.07) is 51.8. The topological polar surface area (TPSA) is 12.4 Å². The molecule has 1 aliphatic rings. The molecule has 0 N–H and O–H groups in total. The molecule has 0 bridgehead atoms. The van der Waals surface area contributed by atoms with E-state index in [0.29, 0.717) is 16.5 Å². The monoisotopic (exact) mass is 675 g/mol. The minimum Gasteiger partial charge on any atom is -0.257 e. The Kier molecular flexibility index (Phi) is 8.58. The van der Waals surface area contributed by atoms with Crippen LogP contribution in [0.2, 0.25) is 0 Å². The van der Waals surface area contributed by atoms with Crippen molar-refractivity contribution >= 4 is 99.5 Å². The first-order valence-electron chi connectivity index (χ1n) is 18.3. The quantitative estimate of drug-likeness (QED) is 0.130. The maximum atomic E-state index is 6.60. The highest BCUT2D eigenvalue weighted by Gasteiger charge is 2.27. The van der Waals surface area contributed by atoms with Crippen molar-refractivity contribution in [2.45, 2.75) is 19.3 Å². The standard InChI is InChI=1S/C48H30B5N/c1-2-38-42(36-20-8-9-21-39(36)54-38)31-17-11-15-29(25-31)28-14-10-16-30(24-28)41-34-19-7-6-18-33(34)40(27-12-4-3-5-13-27)37-26-32(22-23-35(37)41)43-44(49)46(51)48(53)47(52)45(43)50/h3-26,42H,2H2,1H3. The second kappa shape index (κ2) is 13.6. The van der Waals surface area contributed by atoms with Gasteiger partial charge in [-0.05, 0) is 102 Å². The first-order chi connectivity index (χ1) is 26.3. The fraction of sp³-hybridized carbons (Fsp3) is 0.0625. The molecule has 8 aromatic carbocycles. The van der Waals surface area contributed by atoms with Crippen LogP contribution in [-0.2, 0) is 0 Å². The Morgan fingerprint density at radius 1 is 0.426 bits per heavy atom. The normalized spacial score (nSPS) is 13.6. The lowest BCUT2D eigenvalue weighted by Crippen LogP contribution is -2.55. The van der Waals surface area contributed by atoms with Gasteiger partial charge in [-0.25, -0.2) is 0 Å². The summed E-state index contributed by atoms with van der Waals surface area (Å²) >= 11 is 0. The smallest absolute Gasteiger partial charge is 0.113 e. The van der Waals surface area contributed by atoms with E-state index in [1.807, 2.05) is 12.1 Å². The molecule has 0 aliphatic carbocycles. The zero-order chi connectivity index (χ0) is 37.1. The maximum absolute atomic E-state index is 6.60. The minimum atomic E-state index is 0.150. The second-order valence-corrected chi connectivity index (χ2v) is 14.0. The van der Waals surface area contributed by atoms with Gasteiger partial charge in [-0.15, -0.1) is 16.4 Å². The molecular weight excluding hydrogens is 645 g/mol. The van der Waals surface area contributed by atoms with E-state index in [4.69, 9.17) is 44.2 Å². The van der Waals surface area contributed by atoms with Crippen molar-refractivity contribution in [3.8, 4) is 44.5 Å². The van der Waals surface area contributed by atoms with Crippen molar-refractivity contribution in [3.63, 3.8) is 0 Å². The van der Waals surface area contributed by atoms with Crippen LogP contribution < -0.4 is 27.3 Å². The second-order valence-electron chi connectivity index (χ2n) is 14.0. The van der Waals surface area contributed by atoms with E-state index in [1.54, 1.807) is 0 Å². The molecule has 1 nitrogen and oxygen atoms in total. The number of para-hydroxylation sites is 1. The van der Waals surface area contributed by atoms with E-state index in [1.165, 1.54) is 16.8 Å². The van der Waals surface area contributed by atoms with Gasteiger partial charge in [0.1, 0.15) is 39.2 Å². The number of hydrogen-bond acceptors (Lipinski definition) is 1. The zero-order valence-electron chi connectivity index (χ0n) is 30.0. The minimum absolute atomic E-state index is 0.150. The first-order valence-corrected chi connectivity index (χ1v) is 18.3. The van der Waals surface area contributed by atoms with Gasteiger partial charge >= 0.3 is 0 Å². The molecule has 9 rings (SSSR count). The Labute approximate surface area is 323 Å². The van der Waals surface area contributed by atoms with Crippen LogP contribution in [0.4, 0.5) is 5.69 Å².